The zero-order valence-corrected chi connectivity index (χ0v) is 13.4. The molecule has 1 unspecified atom stereocenters. The quantitative estimate of drug-likeness (QED) is 0.755. The first-order valence-electron chi connectivity index (χ1n) is 9.22. The molecule has 0 aromatic heterocycles. The van der Waals surface area contributed by atoms with Crippen molar-refractivity contribution >= 4 is 0 Å². The number of nitrogens with one attached hydrogen (secondary N) is 1. The maximum absolute atomic E-state index is 3.98. The van der Waals surface area contributed by atoms with E-state index in [1.165, 1.54) is 76.3 Å². The standard InChI is InChI=1S/C20H31N/c1-4-10-17(11-5-1)16-21-20(18-12-6-2-7-13-18)19-14-8-3-9-15-19/h2,6-7,12-13,17,19-21H,1,3-5,8-11,14-16H2. The fourth-order valence-electron chi connectivity index (χ4n) is 4.37. The molecule has 1 N–H and O–H groups in total. The van der Waals surface area contributed by atoms with Crippen LogP contribution in [-0.4, -0.2) is 6.54 Å². The highest BCUT2D eigenvalue weighted by atomic mass is 14.9. The van der Waals surface area contributed by atoms with E-state index in [1.54, 1.807) is 0 Å². The predicted octanol–water partition coefficient (Wildman–Crippen LogP) is 5.48. The van der Waals surface area contributed by atoms with Crippen LogP contribution in [0.15, 0.2) is 30.3 Å². The largest absolute Gasteiger partial charge is 0.309 e. The average molecular weight is 285 g/mol. The third-order valence-electron chi connectivity index (χ3n) is 5.63. The maximum Gasteiger partial charge on any atom is 0.0348 e. The molecule has 1 nitrogen and oxygen atoms in total. The van der Waals surface area contributed by atoms with Gasteiger partial charge in [0.25, 0.3) is 0 Å². The summed E-state index contributed by atoms with van der Waals surface area (Å²) in [6.07, 6.45) is 14.4. The molecule has 2 fully saturated rings. The molecule has 1 heteroatoms. The third-order valence-corrected chi connectivity index (χ3v) is 5.63. The fraction of sp³-hybridized carbons (Fsp3) is 0.700. The first-order valence-corrected chi connectivity index (χ1v) is 9.22. The molecule has 0 bridgehead atoms. The number of hydrogen-bond acceptors (Lipinski definition) is 1. The second-order valence-electron chi connectivity index (χ2n) is 7.20. The minimum absolute atomic E-state index is 0.591. The summed E-state index contributed by atoms with van der Waals surface area (Å²) in [5, 5.41) is 3.98. The predicted molar refractivity (Wildman–Crippen MR) is 90.3 cm³/mol. The Kier molecular flexibility index (Phi) is 5.74. The first kappa shape index (κ1) is 15.1. The molecular weight excluding hydrogens is 254 g/mol. The first-order chi connectivity index (χ1) is 10.4. The molecule has 2 aliphatic carbocycles. The van der Waals surface area contributed by atoms with Crippen molar-refractivity contribution in [3.8, 4) is 0 Å². The molecule has 116 valence electrons. The minimum Gasteiger partial charge on any atom is -0.309 e. The Balaban J connectivity index is 1.63. The van der Waals surface area contributed by atoms with Gasteiger partial charge >= 0.3 is 0 Å². The third kappa shape index (κ3) is 4.32. The lowest BCUT2D eigenvalue weighted by Crippen LogP contribution is -2.33. The molecule has 0 saturated heterocycles. The van der Waals surface area contributed by atoms with Gasteiger partial charge in [0.15, 0.2) is 0 Å². The monoisotopic (exact) mass is 285 g/mol. The average Bonchev–Trinajstić information content (AvgIpc) is 2.58. The van der Waals surface area contributed by atoms with Crippen LogP contribution in [0.3, 0.4) is 0 Å². The van der Waals surface area contributed by atoms with Crippen LogP contribution in [0.4, 0.5) is 0 Å². The van der Waals surface area contributed by atoms with E-state index >= 15 is 0 Å². The molecule has 2 saturated carbocycles. The van der Waals surface area contributed by atoms with E-state index in [9.17, 15) is 0 Å². The van der Waals surface area contributed by atoms with Gasteiger partial charge in [-0.3, -0.25) is 0 Å². The Morgan fingerprint density at radius 2 is 1.43 bits per heavy atom. The van der Waals surface area contributed by atoms with E-state index in [2.05, 4.69) is 35.6 Å². The highest BCUT2D eigenvalue weighted by Crippen LogP contribution is 2.35. The van der Waals surface area contributed by atoms with Crippen LogP contribution in [0.1, 0.15) is 75.8 Å². The van der Waals surface area contributed by atoms with Gasteiger partial charge < -0.3 is 5.32 Å². The van der Waals surface area contributed by atoms with Crippen LogP contribution < -0.4 is 5.32 Å². The number of hydrogen-bond donors (Lipinski definition) is 1. The highest BCUT2D eigenvalue weighted by molar-refractivity contribution is 5.20. The molecular formula is C20H31N. The van der Waals surface area contributed by atoms with Crippen LogP contribution in [0, 0.1) is 11.8 Å². The zero-order valence-electron chi connectivity index (χ0n) is 13.4. The van der Waals surface area contributed by atoms with Gasteiger partial charge in [0.05, 0.1) is 0 Å². The van der Waals surface area contributed by atoms with Gasteiger partial charge in [-0.05, 0) is 49.6 Å². The molecule has 0 amide bonds. The van der Waals surface area contributed by atoms with E-state index in [1.807, 2.05) is 0 Å². The van der Waals surface area contributed by atoms with Crippen LogP contribution >= 0.6 is 0 Å². The lowest BCUT2D eigenvalue weighted by Gasteiger charge is -2.33. The van der Waals surface area contributed by atoms with Gasteiger partial charge in [-0.25, -0.2) is 0 Å². The normalized spacial score (nSPS) is 23.0. The summed E-state index contributed by atoms with van der Waals surface area (Å²) >= 11 is 0. The van der Waals surface area contributed by atoms with Gasteiger partial charge in [0.2, 0.25) is 0 Å². The van der Waals surface area contributed by atoms with E-state index in [0.717, 1.165) is 11.8 Å². The van der Waals surface area contributed by atoms with E-state index in [0.29, 0.717) is 6.04 Å². The van der Waals surface area contributed by atoms with Crippen molar-refractivity contribution in [1.82, 2.24) is 5.32 Å². The van der Waals surface area contributed by atoms with Crippen molar-refractivity contribution in [3.63, 3.8) is 0 Å². The molecule has 1 atom stereocenters. The van der Waals surface area contributed by atoms with Crippen LogP contribution in [-0.2, 0) is 0 Å². The van der Waals surface area contributed by atoms with Crippen molar-refractivity contribution in [3.05, 3.63) is 35.9 Å². The van der Waals surface area contributed by atoms with Crippen molar-refractivity contribution in [2.45, 2.75) is 70.3 Å². The summed E-state index contributed by atoms with van der Waals surface area (Å²) in [5.41, 5.74) is 1.51. The van der Waals surface area contributed by atoms with Gasteiger partial charge in [-0.1, -0.05) is 68.9 Å². The van der Waals surface area contributed by atoms with Crippen LogP contribution in [0.25, 0.3) is 0 Å². The van der Waals surface area contributed by atoms with Gasteiger partial charge in [-0.2, -0.15) is 0 Å². The van der Waals surface area contributed by atoms with Crippen molar-refractivity contribution in [1.29, 1.82) is 0 Å². The molecule has 21 heavy (non-hydrogen) atoms. The topological polar surface area (TPSA) is 12.0 Å². The molecule has 0 radical (unpaired) electrons. The summed E-state index contributed by atoms with van der Waals surface area (Å²) in [6.45, 7) is 1.23. The molecule has 0 spiro atoms. The van der Waals surface area contributed by atoms with Crippen molar-refractivity contribution in [2.24, 2.45) is 11.8 Å². The summed E-state index contributed by atoms with van der Waals surface area (Å²) < 4.78 is 0. The van der Waals surface area contributed by atoms with Crippen molar-refractivity contribution < 1.29 is 0 Å². The van der Waals surface area contributed by atoms with E-state index in [-0.39, 0.29) is 0 Å². The van der Waals surface area contributed by atoms with Gasteiger partial charge in [0.1, 0.15) is 0 Å². The Labute approximate surface area is 130 Å². The van der Waals surface area contributed by atoms with E-state index in [4.69, 9.17) is 0 Å². The van der Waals surface area contributed by atoms with E-state index < -0.39 is 0 Å². The SMILES string of the molecule is c1ccc(C(NCC2CCCCC2)C2CCCCC2)cc1. The lowest BCUT2D eigenvalue weighted by molar-refractivity contribution is 0.248. The second-order valence-corrected chi connectivity index (χ2v) is 7.20. The number of rotatable bonds is 5. The molecule has 2 aliphatic rings. The Hall–Kier alpha value is -0.820. The van der Waals surface area contributed by atoms with Gasteiger partial charge in [-0.15, -0.1) is 0 Å². The van der Waals surface area contributed by atoms with Crippen molar-refractivity contribution in [2.75, 3.05) is 6.54 Å². The second kappa shape index (κ2) is 7.98. The summed E-state index contributed by atoms with van der Waals surface area (Å²) in [4.78, 5) is 0. The number of benzene rings is 1. The molecule has 0 heterocycles. The zero-order chi connectivity index (χ0) is 14.3. The fourth-order valence-corrected chi connectivity index (χ4v) is 4.37. The summed E-state index contributed by atoms with van der Waals surface area (Å²) in [7, 11) is 0. The molecule has 3 rings (SSSR count). The van der Waals surface area contributed by atoms with Gasteiger partial charge in [0, 0.05) is 6.04 Å². The highest BCUT2D eigenvalue weighted by Gasteiger charge is 2.25. The Bertz CT molecular complexity index is 388. The molecule has 1 aromatic rings. The Morgan fingerprint density at radius 3 is 2.10 bits per heavy atom. The Morgan fingerprint density at radius 1 is 0.810 bits per heavy atom. The molecule has 0 aliphatic heterocycles. The smallest absolute Gasteiger partial charge is 0.0348 e. The van der Waals surface area contributed by atoms with Crippen LogP contribution in [0.2, 0.25) is 0 Å². The lowest BCUT2D eigenvalue weighted by atomic mass is 9.80. The maximum atomic E-state index is 3.98. The summed E-state index contributed by atoms with van der Waals surface area (Å²) in [5.74, 6) is 1.78. The summed E-state index contributed by atoms with van der Waals surface area (Å²) in [6, 6.07) is 11.8. The van der Waals surface area contributed by atoms with Crippen LogP contribution in [0.5, 0.6) is 0 Å². The minimum atomic E-state index is 0.591. The molecule has 1 aromatic carbocycles.